The molecule has 13 heavy (non-hydrogen) atoms. The van der Waals surface area contributed by atoms with E-state index in [0.29, 0.717) is 12.0 Å². The maximum absolute atomic E-state index is 3.40. The summed E-state index contributed by atoms with van der Waals surface area (Å²) < 4.78 is 0. The summed E-state index contributed by atoms with van der Waals surface area (Å²) in [5.74, 6) is 0.611. The lowest BCUT2D eigenvalue weighted by molar-refractivity contribution is 0.447. The van der Waals surface area contributed by atoms with E-state index in [4.69, 9.17) is 0 Å². The molecule has 0 bridgehead atoms. The summed E-state index contributed by atoms with van der Waals surface area (Å²) in [6, 6.07) is 0.542. The fraction of sp³-hybridized carbons (Fsp3) is 0.818. The maximum Gasteiger partial charge on any atom is 0.0453 e. The maximum atomic E-state index is 3.40. The molecule has 0 heterocycles. The molecule has 0 aliphatic carbocycles. The Kier molecular flexibility index (Phi) is 8.05. The lowest BCUT2D eigenvalue weighted by atomic mass is 10.0. The first-order valence-corrected chi connectivity index (χ1v) is 5.27. The Morgan fingerprint density at radius 1 is 1.31 bits per heavy atom. The number of allylic oxidation sites excluding steroid dienone is 1. The molecule has 78 valence electrons. The van der Waals surface area contributed by atoms with Crippen LogP contribution in [0.4, 0.5) is 0 Å². The van der Waals surface area contributed by atoms with E-state index in [1.807, 2.05) is 7.05 Å². The van der Waals surface area contributed by atoms with Gasteiger partial charge in [-0.25, -0.2) is 0 Å². The zero-order chi connectivity index (χ0) is 10.1. The van der Waals surface area contributed by atoms with Gasteiger partial charge in [-0.3, -0.25) is 0 Å². The fourth-order valence-electron chi connectivity index (χ4n) is 1.09. The molecule has 2 N–H and O–H groups in total. The zero-order valence-corrected chi connectivity index (χ0v) is 9.43. The van der Waals surface area contributed by atoms with Crippen molar-refractivity contribution in [2.24, 2.45) is 5.92 Å². The Labute approximate surface area is 82.8 Å². The molecule has 0 fully saturated rings. The van der Waals surface area contributed by atoms with Crippen LogP contribution >= 0.6 is 0 Å². The van der Waals surface area contributed by atoms with Crippen molar-refractivity contribution in [2.45, 2.75) is 39.7 Å². The van der Waals surface area contributed by atoms with E-state index in [9.17, 15) is 0 Å². The Morgan fingerprint density at radius 3 is 2.54 bits per heavy atom. The Hall–Kier alpha value is -0.340. The highest BCUT2D eigenvalue weighted by molar-refractivity contribution is 4.90. The highest BCUT2D eigenvalue weighted by Gasteiger charge is 2.06. The fourth-order valence-corrected chi connectivity index (χ4v) is 1.09. The minimum absolute atomic E-state index is 0.542. The smallest absolute Gasteiger partial charge is 0.0453 e. The van der Waals surface area contributed by atoms with Gasteiger partial charge in [0.25, 0.3) is 0 Å². The van der Waals surface area contributed by atoms with Gasteiger partial charge in [0.2, 0.25) is 0 Å². The molecule has 2 atom stereocenters. The van der Waals surface area contributed by atoms with E-state index in [-0.39, 0.29) is 0 Å². The van der Waals surface area contributed by atoms with Crippen LogP contribution in [0.2, 0.25) is 0 Å². The quantitative estimate of drug-likeness (QED) is 0.468. The van der Waals surface area contributed by atoms with E-state index in [0.717, 1.165) is 6.67 Å². The van der Waals surface area contributed by atoms with Gasteiger partial charge >= 0.3 is 0 Å². The van der Waals surface area contributed by atoms with Crippen LogP contribution in [-0.4, -0.2) is 19.8 Å². The van der Waals surface area contributed by atoms with Crippen molar-refractivity contribution in [1.29, 1.82) is 0 Å². The van der Waals surface area contributed by atoms with E-state index >= 15 is 0 Å². The lowest BCUT2D eigenvalue weighted by Gasteiger charge is -2.18. The van der Waals surface area contributed by atoms with Crippen LogP contribution in [0.15, 0.2) is 12.2 Å². The SMILES string of the molecule is CCCC=CC(C)C(C)NCNC. The van der Waals surface area contributed by atoms with Crippen LogP contribution in [-0.2, 0) is 0 Å². The molecule has 0 aliphatic heterocycles. The van der Waals surface area contributed by atoms with Crippen LogP contribution in [0.25, 0.3) is 0 Å². The van der Waals surface area contributed by atoms with Gasteiger partial charge in [-0.15, -0.1) is 0 Å². The van der Waals surface area contributed by atoms with Crippen LogP contribution in [0.1, 0.15) is 33.6 Å². The number of rotatable bonds is 7. The zero-order valence-electron chi connectivity index (χ0n) is 9.43. The minimum Gasteiger partial charge on any atom is -0.308 e. The van der Waals surface area contributed by atoms with Crippen LogP contribution < -0.4 is 10.6 Å². The van der Waals surface area contributed by atoms with Crippen molar-refractivity contribution in [1.82, 2.24) is 10.6 Å². The molecule has 0 aromatic rings. The van der Waals surface area contributed by atoms with Crippen LogP contribution in [0, 0.1) is 5.92 Å². The topological polar surface area (TPSA) is 24.1 Å². The number of hydrogen-bond donors (Lipinski definition) is 2. The van der Waals surface area contributed by atoms with E-state index in [1.54, 1.807) is 0 Å². The Bertz CT molecular complexity index is 132. The van der Waals surface area contributed by atoms with Crippen molar-refractivity contribution in [3.8, 4) is 0 Å². The molecule has 2 nitrogen and oxygen atoms in total. The molecular formula is C11H24N2. The molecule has 0 saturated carbocycles. The third-order valence-corrected chi connectivity index (χ3v) is 2.28. The number of hydrogen-bond acceptors (Lipinski definition) is 2. The molecule has 0 aromatic heterocycles. The van der Waals surface area contributed by atoms with Crippen molar-refractivity contribution < 1.29 is 0 Å². The minimum atomic E-state index is 0.542. The van der Waals surface area contributed by atoms with Gasteiger partial charge in [-0.05, 0) is 26.3 Å². The molecule has 0 aromatic carbocycles. The van der Waals surface area contributed by atoms with Gasteiger partial charge in [0, 0.05) is 12.7 Å². The molecule has 2 unspecified atom stereocenters. The van der Waals surface area contributed by atoms with Crippen molar-refractivity contribution in [3.05, 3.63) is 12.2 Å². The summed E-state index contributed by atoms with van der Waals surface area (Å²) in [5.41, 5.74) is 0. The molecular weight excluding hydrogens is 160 g/mol. The third kappa shape index (κ3) is 6.79. The van der Waals surface area contributed by atoms with Crippen LogP contribution in [0.3, 0.4) is 0 Å². The van der Waals surface area contributed by atoms with E-state index in [1.165, 1.54) is 12.8 Å². The molecule has 0 radical (unpaired) electrons. The van der Waals surface area contributed by atoms with Gasteiger partial charge in [0.1, 0.15) is 0 Å². The van der Waals surface area contributed by atoms with E-state index < -0.39 is 0 Å². The first-order valence-electron chi connectivity index (χ1n) is 5.27. The van der Waals surface area contributed by atoms with Crippen molar-refractivity contribution in [2.75, 3.05) is 13.7 Å². The summed E-state index contributed by atoms with van der Waals surface area (Å²) in [6.07, 6.45) is 7.02. The average Bonchev–Trinajstić information content (AvgIpc) is 2.14. The lowest BCUT2D eigenvalue weighted by Crippen LogP contribution is -2.37. The molecule has 0 amide bonds. The standard InChI is InChI=1S/C11H24N2/c1-5-6-7-8-10(2)11(3)13-9-12-4/h7-8,10-13H,5-6,9H2,1-4H3. The summed E-state index contributed by atoms with van der Waals surface area (Å²) in [4.78, 5) is 0. The largest absolute Gasteiger partial charge is 0.308 e. The van der Waals surface area contributed by atoms with Gasteiger partial charge in [-0.2, -0.15) is 0 Å². The third-order valence-electron chi connectivity index (χ3n) is 2.28. The van der Waals surface area contributed by atoms with Crippen molar-refractivity contribution in [3.63, 3.8) is 0 Å². The summed E-state index contributed by atoms with van der Waals surface area (Å²) in [7, 11) is 1.96. The second-order valence-electron chi connectivity index (χ2n) is 3.60. The predicted molar refractivity (Wildman–Crippen MR) is 59.7 cm³/mol. The second-order valence-corrected chi connectivity index (χ2v) is 3.60. The Morgan fingerprint density at radius 2 is 2.00 bits per heavy atom. The van der Waals surface area contributed by atoms with Gasteiger partial charge in [0.15, 0.2) is 0 Å². The van der Waals surface area contributed by atoms with Gasteiger partial charge in [0.05, 0.1) is 0 Å². The predicted octanol–water partition coefficient (Wildman–Crippen LogP) is 2.13. The first-order chi connectivity index (χ1) is 6.22. The van der Waals surface area contributed by atoms with E-state index in [2.05, 4.69) is 43.6 Å². The van der Waals surface area contributed by atoms with Crippen LogP contribution in [0.5, 0.6) is 0 Å². The Balaban J connectivity index is 3.61. The van der Waals surface area contributed by atoms with Gasteiger partial charge < -0.3 is 10.6 Å². The highest BCUT2D eigenvalue weighted by atomic mass is 15.1. The molecule has 0 saturated heterocycles. The highest BCUT2D eigenvalue weighted by Crippen LogP contribution is 2.04. The molecule has 0 spiro atoms. The summed E-state index contributed by atoms with van der Waals surface area (Å²) in [5, 5.41) is 6.48. The first kappa shape index (κ1) is 12.7. The molecule has 0 rings (SSSR count). The molecule has 2 heteroatoms. The summed E-state index contributed by atoms with van der Waals surface area (Å²) >= 11 is 0. The van der Waals surface area contributed by atoms with Gasteiger partial charge in [-0.1, -0.05) is 32.4 Å². The summed E-state index contributed by atoms with van der Waals surface area (Å²) in [6.45, 7) is 7.56. The second kappa shape index (κ2) is 8.27. The van der Waals surface area contributed by atoms with Crippen molar-refractivity contribution >= 4 is 0 Å². The number of nitrogens with one attached hydrogen (secondary N) is 2. The monoisotopic (exact) mass is 184 g/mol. The normalized spacial score (nSPS) is 16.3. The average molecular weight is 184 g/mol. The molecule has 0 aliphatic rings. The number of unbranched alkanes of at least 4 members (excludes halogenated alkanes) is 1.